The first-order chi connectivity index (χ1) is 19.4. The van der Waals surface area contributed by atoms with Crippen molar-refractivity contribution in [1.82, 2.24) is 14.9 Å². The standard InChI is InChI=1S/C33H41N3O4/c1-23(2)26-15-13-24(3)20-30(26)40-19-9-18-36-28-11-7-6-10-27(28)35-32(36)12-8-17-34-33(37)22-25-14-16-29(38-4)31(21-25)39-5/h6-7,10-11,13-16,20-21,23H,8-9,12,17-19,22H2,1-5H3,(H,34,37). The molecule has 0 atom stereocenters. The number of ether oxygens (including phenoxy) is 3. The summed E-state index contributed by atoms with van der Waals surface area (Å²) in [7, 11) is 3.19. The van der Waals surface area contributed by atoms with Crippen molar-refractivity contribution in [1.29, 1.82) is 0 Å². The Morgan fingerprint density at radius 3 is 2.52 bits per heavy atom. The summed E-state index contributed by atoms with van der Waals surface area (Å²) in [5.74, 6) is 3.69. The Kier molecular flexibility index (Phi) is 10.1. The van der Waals surface area contributed by atoms with E-state index in [0.29, 0.717) is 37.0 Å². The van der Waals surface area contributed by atoms with Crippen LogP contribution in [0.1, 0.15) is 55.1 Å². The van der Waals surface area contributed by atoms with E-state index in [1.54, 1.807) is 14.2 Å². The zero-order valence-electron chi connectivity index (χ0n) is 24.3. The second-order valence-corrected chi connectivity index (χ2v) is 10.4. The zero-order valence-corrected chi connectivity index (χ0v) is 24.3. The third-order valence-corrected chi connectivity index (χ3v) is 7.02. The van der Waals surface area contributed by atoms with Crippen LogP contribution in [0.2, 0.25) is 0 Å². The predicted octanol–water partition coefficient (Wildman–Crippen LogP) is 6.25. The summed E-state index contributed by atoms with van der Waals surface area (Å²) in [4.78, 5) is 17.4. The van der Waals surface area contributed by atoms with Crippen molar-refractivity contribution in [2.45, 2.75) is 58.9 Å². The van der Waals surface area contributed by atoms with E-state index in [2.05, 4.69) is 67.1 Å². The number of rotatable bonds is 14. The highest BCUT2D eigenvalue weighted by Crippen LogP contribution is 2.29. The lowest BCUT2D eigenvalue weighted by Crippen LogP contribution is -2.26. The van der Waals surface area contributed by atoms with Gasteiger partial charge in [0.05, 0.1) is 38.3 Å². The van der Waals surface area contributed by atoms with Gasteiger partial charge in [-0.05, 0) is 72.7 Å². The number of para-hydroxylation sites is 2. The molecule has 0 bridgehead atoms. The average Bonchev–Trinajstić information content (AvgIpc) is 3.30. The highest BCUT2D eigenvalue weighted by molar-refractivity contribution is 5.79. The van der Waals surface area contributed by atoms with E-state index in [1.807, 2.05) is 24.3 Å². The van der Waals surface area contributed by atoms with Gasteiger partial charge in [-0.25, -0.2) is 4.98 Å². The van der Waals surface area contributed by atoms with Crippen LogP contribution in [-0.2, 0) is 24.2 Å². The number of benzene rings is 3. The minimum Gasteiger partial charge on any atom is -0.493 e. The van der Waals surface area contributed by atoms with Crippen LogP contribution in [0.25, 0.3) is 11.0 Å². The third kappa shape index (κ3) is 7.34. The van der Waals surface area contributed by atoms with Gasteiger partial charge in [0.15, 0.2) is 11.5 Å². The topological polar surface area (TPSA) is 74.6 Å². The number of nitrogens with one attached hydrogen (secondary N) is 1. The molecule has 0 radical (unpaired) electrons. The van der Waals surface area contributed by atoms with Gasteiger partial charge in [0.2, 0.25) is 5.91 Å². The Hall–Kier alpha value is -4.00. The number of aromatic nitrogens is 2. The summed E-state index contributed by atoms with van der Waals surface area (Å²) in [5.41, 5.74) is 5.46. The summed E-state index contributed by atoms with van der Waals surface area (Å²) in [6, 6.07) is 20.2. The van der Waals surface area contributed by atoms with Gasteiger partial charge in [-0.3, -0.25) is 4.79 Å². The number of fused-ring (bicyclic) bond motifs is 1. The predicted molar refractivity (Wildman–Crippen MR) is 160 cm³/mol. The summed E-state index contributed by atoms with van der Waals surface area (Å²) >= 11 is 0. The van der Waals surface area contributed by atoms with Crippen molar-refractivity contribution in [2.75, 3.05) is 27.4 Å². The lowest BCUT2D eigenvalue weighted by atomic mass is 10.0. The van der Waals surface area contributed by atoms with Gasteiger partial charge in [-0.15, -0.1) is 0 Å². The van der Waals surface area contributed by atoms with Crippen molar-refractivity contribution in [3.05, 3.63) is 83.2 Å². The van der Waals surface area contributed by atoms with E-state index in [-0.39, 0.29) is 5.91 Å². The zero-order chi connectivity index (χ0) is 28.5. The molecule has 0 saturated heterocycles. The molecule has 212 valence electrons. The summed E-state index contributed by atoms with van der Waals surface area (Å²) in [6.07, 6.45) is 2.75. The molecule has 40 heavy (non-hydrogen) atoms. The molecule has 1 amide bonds. The van der Waals surface area contributed by atoms with E-state index in [9.17, 15) is 4.79 Å². The molecular formula is C33H41N3O4. The fourth-order valence-electron chi connectivity index (χ4n) is 4.93. The molecule has 1 N–H and O–H groups in total. The Balaban J connectivity index is 1.31. The molecule has 1 heterocycles. The smallest absolute Gasteiger partial charge is 0.224 e. The highest BCUT2D eigenvalue weighted by atomic mass is 16.5. The van der Waals surface area contributed by atoms with Crippen molar-refractivity contribution in [2.24, 2.45) is 0 Å². The Morgan fingerprint density at radius 2 is 1.75 bits per heavy atom. The van der Waals surface area contributed by atoms with E-state index in [4.69, 9.17) is 19.2 Å². The third-order valence-electron chi connectivity index (χ3n) is 7.02. The first kappa shape index (κ1) is 29.0. The minimum atomic E-state index is -0.0187. The minimum absolute atomic E-state index is 0.0187. The number of hydrogen-bond acceptors (Lipinski definition) is 5. The normalized spacial score (nSPS) is 11.2. The highest BCUT2D eigenvalue weighted by Gasteiger charge is 2.13. The molecule has 0 spiro atoms. The molecule has 0 aliphatic heterocycles. The molecule has 0 aliphatic carbocycles. The van der Waals surface area contributed by atoms with Crippen LogP contribution in [0, 0.1) is 6.92 Å². The number of aryl methyl sites for hydroxylation is 3. The second-order valence-electron chi connectivity index (χ2n) is 10.4. The molecular weight excluding hydrogens is 502 g/mol. The summed E-state index contributed by atoms with van der Waals surface area (Å²) in [6.45, 7) is 8.54. The average molecular weight is 544 g/mol. The van der Waals surface area contributed by atoms with Crippen molar-refractivity contribution < 1.29 is 19.0 Å². The van der Waals surface area contributed by atoms with Crippen LogP contribution in [0.15, 0.2) is 60.7 Å². The van der Waals surface area contributed by atoms with Gasteiger partial charge in [-0.1, -0.05) is 44.2 Å². The molecule has 1 aromatic heterocycles. The second kappa shape index (κ2) is 13.9. The lowest BCUT2D eigenvalue weighted by molar-refractivity contribution is -0.120. The van der Waals surface area contributed by atoms with Gasteiger partial charge in [0.25, 0.3) is 0 Å². The maximum absolute atomic E-state index is 12.5. The lowest BCUT2D eigenvalue weighted by Gasteiger charge is -2.15. The fraction of sp³-hybridized carbons (Fsp3) is 0.394. The van der Waals surface area contributed by atoms with E-state index >= 15 is 0 Å². The molecule has 7 heteroatoms. The quantitative estimate of drug-likeness (QED) is 0.190. The molecule has 7 nitrogen and oxygen atoms in total. The number of carbonyl (C=O) groups is 1. The van der Waals surface area contributed by atoms with Crippen LogP contribution in [0.5, 0.6) is 17.2 Å². The van der Waals surface area contributed by atoms with Crippen molar-refractivity contribution in [3.63, 3.8) is 0 Å². The molecule has 4 aromatic rings. The largest absolute Gasteiger partial charge is 0.493 e. The van der Waals surface area contributed by atoms with Gasteiger partial charge in [0.1, 0.15) is 11.6 Å². The number of nitrogens with zero attached hydrogens (tertiary/aromatic N) is 2. The summed E-state index contributed by atoms with van der Waals surface area (Å²) < 4.78 is 19.2. The molecule has 0 unspecified atom stereocenters. The fourth-order valence-corrected chi connectivity index (χ4v) is 4.93. The van der Waals surface area contributed by atoms with Crippen LogP contribution >= 0.6 is 0 Å². The SMILES string of the molecule is COc1ccc(CC(=O)NCCCc2nc3ccccc3n2CCCOc2cc(C)ccc2C(C)C)cc1OC. The summed E-state index contributed by atoms with van der Waals surface area (Å²) in [5, 5.41) is 3.04. The van der Waals surface area contributed by atoms with E-state index in [1.165, 1.54) is 11.1 Å². The first-order valence-corrected chi connectivity index (χ1v) is 14.0. The van der Waals surface area contributed by atoms with Crippen LogP contribution in [0.3, 0.4) is 0 Å². The van der Waals surface area contributed by atoms with Crippen LogP contribution < -0.4 is 19.5 Å². The molecule has 0 aliphatic rings. The Labute approximate surface area is 237 Å². The monoisotopic (exact) mass is 543 g/mol. The Morgan fingerprint density at radius 1 is 0.950 bits per heavy atom. The van der Waals surface area contributed by atoms with Crippen molar-refractivity contribution in [3.8, 4) is 17.2 Å². The van der Waals surface area contributed by atoms with Gasteiger partial charge < -0.3 is 24.1 Å². The maximum Gasteiger partial charge on any atom is 0.224 e. The number of carbonyl (C=O) groups excluding carboxylic acids is 1. The number of hydrogen-bond donors (Lipinski definition) is 1. The van der Waals surface area contributed by atoms with Crippen LogP contribution in [0.4, 0.5) is 0 Å². The number of methoxy groups -OCH3 is 2. The van der Waals surface area contributed by atoms with E-state index in [0.717, 1.165) is 54.0 Å². The number of imidazole rings is 1. The molecule has 0 saturated carbocycles. The van der Waals surface area contributed by atoms with Gasteiger partial charge in [0, 0.05) is 19.5 Å². The van der Waals surface area contributed by atoms with E-state index < -0.39 is 0 Å². The number of amides is 1. The van der Waals surface area contributed by atoms with Gasteiger partial charge >= 0.3 is 0 Å². The van der Waals surface area contributed by atoms with Crippen molar-refractivity contribution >= 4 is 16.9 Å². The first-order valence-electron chi connectivity index (χ1n) is 14.0. The Bertz CT molecular complexity index is 1430. The maximum atomic E-state index is 12.5. The molecule has 3 aromatic carbocycles. The molecule has 4 rings (SSSR count). The van der Waals surface area contributed by atoms with Crippen LogP contribution in [-0.4, -0.2) is 42.8 Å². The molecule has 0 fully saturated rings. The van der Waals surface area contributed by atoms with Gasteiger partial charge in [-0.2, -0.15) is 0 Å².